The first-order valence-corrected chi connectivity index (χ1v) is 10.7. The van der Waals surface area contributed by atoms with Crippen LogP contribution in [-0.4, -0.2) is 49.7 Å². The lowest BCUT2D eigenvalue weighted by atomic mass is 10.1. The molecule has 0 aliphatic rings. The highest BCUT2D eigenvalue weighted by molar-refractivity contribution is 7.17. The lowest BCUT2D eigenvalue weighted by molar-refractivity contribution is 0.0761. The fraction of sp³-hybridized carbons (Fsp3) is 0.333. The monoisotopic (exact) mass is 442 g/mol. The minimum absolute atomic E-state index is 0.0934. The summed E-state index contributed by atoms with van der Waals surface area (Å²) in [4.78, 5) is 31.6. The van der Waals surface area contributed by atoms with Crippen LogP contribution in [0.1, 0.15) is 45.1 Å². The van der Waals surface area contributed by atoms with Crippen molar-refractivity contribution in [2.45, 2.75) is 27.7 Å². The van der Waals surface area contributed by atoms with E-state index in [1.807, 2.05) is 20.8 Å². The maximum absolute atomic E-state index is 12.7. The number of thiazole rings is 1. The molecule has 0 unspecified atom stereocenters. The van der Waals surface area contributed by atoms with Crippen LogP contribution in [0.4, 0.5) is 16.6 Å². The van der Waals surface area contributed by atoms with Crippen LogP contribution >= 0.6 is 11.3 Å². The van der Waals surface area contributed by atoms with E-state index in [4.69, 9.17) is 0 Å². The van der Waals surface area contributed by atoms with E-state index >= 15 is 0 Å². The summed E-state index contributed by atoms with van der Waals surface area (Å²) in [5.74, 6) is 0.182. The Morgan fingerprint density at radius 1 is 1.23 bits per heavy atom. The van der Waals surface area contributed by atoms with Crippen molar-refractivity contribution in [2.75, 3.05) is 23.7 Å². The van der Waals surface area contributed by atoms with Crippen molar-refractivity contribution < 1.29 is 14.7 Å². The highest BCUT2D eigenvalue weighted by Gasteiger charge is 2.19. The summed E-state index contributed by atoms with van der Waals surface area (Å²) in [6.07, 6.45) is 1.47. The molecule has 9 nitrogen and oxygen atoms in total. The largest absolute Gasteiger partial charge is 0.508 e. The third-order valence-electron chi connectivity index (χ3n) is 5.00. The van der Waals surface area contributed by atoms with Gasteiger partial charge in [-0.15, -0.1) is 0 Å². The molecule has 1 aromatic carbocycles. The minimum Gasteiger partial charge on any atom is -0.508 e. The normalized spacial score (nSPS) is 10.7. The molecule has 0 atom stereocenters. The minimum atomic E-state index is -0.319. The van der Waals surface area contributed by atoms with Crippen LogP contribution in [0.15, 0.2) is 24.4 Å². The molecule has 0 saturated carbocycles. The Labute approximate surface area is 184 Å². The van der Waals surface area contributed by atoms with Gasteiger partial charge in [0.15, 0.2) is 10.9 Å². The molecule has 3 aromatic rings. The van der Waals surface area contributed by atoms with Gasteiger partial charge in [-0.2, -0.15) is 5.10 Å². The molecule has 0 aliphatic carbocycles. The van der Waals surface area contributed by atoms with Crippen LogP contribution in [0.2, 0.25) is 0 Å². The molecule has 0 saturated heterocycles. The van der Waals surface area contributed by atoms with E-state index < -0.39 is 0 Å². The van der Waals surface area contributed by atoms with Gasteiger partial charge in [-0.1, -0.05) is 17.4 Å². The molecule has 2 heterocycles. The molecule has 31 heavy (non-hydrogen) atoms. The second-order valence-corrected chi connectivity index (χ2v) is 8.06. The number of hydrogen-bond acceptors (Lipinski definition) is 7. The van der Waals surface area contributed by atoms with Crippen LogP contribution in [0.3, 0.4) is 0 Å². The zero-order valence-electron chi connectivity index (χ0n) is 18.2. The first-order valence-electron chi connectivity index (χ1n) is 9.91. The average Bonchev–Trinajstić information content (AvgIpc) is 3.35. The van der Waals surface area contributed by atoms with E-state index in [1.165, 1.54) is 22.2 Å². The summed E-state index contributed by atoms with van der Waals surface area (Å²) >= 11 is 1.17. The molecule has 0 spiro atoms. The maximum atomic E-state index is 12.7. The van der Waals surface area contributed by atoms with Crippen molar-refractivity contribution in [1.29, 1.82) is 0 Å². The molecular formula is C21H26N6O3S. The van der Waals surface area contributed by atoms with Crippen molar-refractivity contribution in [3.05, 3.63) is 46.1 Å². The third kappa shape index (κ3) is 4.69. The number of phenols is 1. The number of rotatable bonds is 7. The van der Waals surface area contributed by atoms with Gasteiger partial charge in [-0.25, -0.2) is 4.98 Å². The fourth-order valence-corrected chi connectivity index (χ4v) is 3.87. The molecule has 0 bridgehead atoms. The first kappa shape index (κ1) is 22.3. The number of carbonyl (C=O) groups excluding carboxylic acids is 2. The Hall–Kier alpha value is -3.40. The van der Waals surface area contributed by atoms with E-state index in [0.717, 1.165) is 5.56 Å². The Balaban J connectivity index is 1.74. The lowest BCUT2D eigenvalue weighted by Crippen LogP contribution is -2.31. The number of aromatic hydroxyl groups is 1. The van der Waals surface area contributed by atoms with Gasteiger partial charge >= 0.3 is 0 Å². The molecule has 3 rings (SSSR count). The summed E-state index contributed by atoms with van der Waals surface area (Å²) in [6.45, 7) is 8.70. The van der Waals surface area contributed by atoms with E-state index in [1.54, 1.807) is 37.1 Å². The quantitative estimate of drug-likeness (QED) is 0.515. The van der Waals surface area contributed by atoms with E-state index in [0.29, 0.717) is 45.9 Å². The van der Waals surface area contributed by atoms with Gasteiger partial charge in [0.2, 0.25) is 0 Å². The predicted molar refractivity (Wildman–Crippen MR) is 121 cm³/mol. The highest BCUT2D eigenvalue weighted by atomic mass is 32.1. The average molecular weight is 443 g/mol. The predicted octanol–water partition coefficient (Wildman–Crippen LogP) is 3.68. The van der Waals surface area contributed by atoms with Crippen LogP contribution < -0.4 is 10.6 Å². The van der Waals surface area contributed by atoms with Crippen molar-refractivity contribution in [3.8, 4) is 5.75 Å². The zero-order chi connectivity index (χ0) is 22.7. The van der Waals surface area contributed by atoms with Crippen molar-refractivity contribution in [2.24, 2.45) is 7.05 Å². The number of nitrogens with zero attached hydrogens (tertiary/aromatic N) is 4. The lowest BCUT2D eigenvalue weighted by Gasteiger charge is -2.17. The zero-order valence-corrected chi connectivity index (χ0v) is 19.0. The molecule has 164 valence electrons. The number of aryl methyl sites for hydroxylation is 2. The number of amides is 2. The topological polar surface area (TPSA) is 112 Å². The molecule has 3 N–H and O–H groups in total. The number of aromatic nitrogens is 3. The summed E-state index contributed by atoms with van der Waals surface area (Å²) in [7, 11) is 1.71. The number of benzene rings is 1. The molecule has 0 radical (unpaired) electrons. The molecule has 0 fully saturated rings. The van der Waals surface area contributed by atoms with Crippen LogP contribution in [0.25, 0.3) is 0 Å². The summed E-state index contributed by atoms with van der Waals surface area (Å²) in [5, 5.41) is 20.6. The van der Waals surface area contributed by atoms with Crippen molar-refractivity contribution in [1.82, 2.24) is 19.7 Å². The Kier molecular flexibility index (Phi) is 6.59. The Morgan fingerprint density at radius 2 is 1.94 bits per heavy atom. The molecule has 2 amide bonds. The van der Waals surface area contributed by atoms with E-state index in [2.05, 4.69) is 20.7 Å². The van der Waals surface area contributed by atoms with E-state index in [-0.39, 0.29) is 17.6 Å². The first-order chi connectivity index (χ1) is 14.7. The van der Waals surface area contributed by atoms with Gasteiger partial charge in [0.05, 0.1) is 11.9 Å². The fourth-order valence-electron chi connectivity index (χ4n) is 3.15. The third-order valence-corrected chi connectivity index (χ3v) is 5.91. The number of anilines is 3. The van der Waals surface area contributed by atoms with Gasteiger partial charge in [0, 0.05) is 31.8 Å². The second kappa shape index (κ2) is 9.17. The van der Waals surface area contributed by atoms with Crippen LogP contribution in [0, 0.1) is 13.8 Å². The van der Waals surface area contributed by atoms with Crippen molar-refractivity contribution >= 4 is 39.8 Å². The smallest absolute Gasteiger partial charge is 0.272 e. The highest BCUT2D eigenvalue weighted by Crippen LogP contribution is 2.29. The van der Waals surface area contributed by atoms with E-state index in [9.17, 15) is 14.7 Å². The SMILES string of the molecule is CCN(CC)C(=O)c1cc(Nc2ncc(C(=O)Nc3c(C)ccc(O)c3C)s2)nn1C. The molecule has 10 heteroatoms. The molecular weight excluding hydrogens is 416 g/mol. The van der Waals surface area contributed by atoms with Crippen molar-refractivity contribution in [3.63, 3.8) is 0 Å². The van der Waals surface area contributed by atoms with Crippen LogP contribution in [0.5, 0.6) is 5.75 Å². The summed E-state index contributed by atoms with van der Waals surface area (Å²) in [5.41, 5.74) is 2.51. The standard InChI is InChI=1S/C21H26N6O3S/c1-6-27(7-2)20(30)14-10-17(25-26(14)5)23-21-22-11-16(31-21)19(29)24-18-12(3)8-9-15(28)13(18)4/h8-11,28H,6-7H2,1-5H3,(H,24,29)(H,22,23,25). The Bertz CT molecular complexity index is 1120. The maximum Gasteiger partial charge on any atom is 0.272 e. The van der Waals surface area contributed by atoms with Gasteiger partial charge in [0.25, 0.3) is 11.8 Å². The van der Waals surface area contributed by atoms with Gasteiger partial charge in [0.1, 0.15) is 16.3 Å². The number of carbonyl (C=O) groups is 2. The number of nitrogens with one attached hydrogen (secondary N) is 2. The van der Waals surface area contributed by atoms with Crippen LogP contribution in [-0.2, 0) is 7.05 Å². The number of hydrogen-bond donors (Lipinski definition) is 3. The molecule has 0 aliphatic heterocycles. The number of phenolic OH excluding ortho intramolecular Hbond substituents is 1. The second-order valence-electron chi connectivity index (χ2n) is 7.03. The Morgan fingerprint density at radius 3 is 2.61 bits per heavy atom. The molecule has 2 aromatic heterocycles. The van der Waals surface area contributed by atoms with Gasteiger partial charge in [-0.3, -0.25) is 14.3 Å². The summed E-state index contributed by atoms with van der Waals surface area (Å²) < 4.78 is 1.53. The van der Waals surface area contributed by atoms with Gasteiger partial charge < -0.3 is 20.6 Å². The van der Waals surface area contributed by atoms with Gasteiger partial charge in [-0.05, 0) is 39.3 Å². The summed E-state index contributed by atoms with van der Waals surface area (Å²) in [6, 6.07) is 5.01.